The minimum atomic E-state index is 0. The van der Waals surface area contributed by atoms with Crippen LogP contribution in [0.25, 0.3) is 0 Å². The van der Waals surface area contributed by atoms with Crippen LogP contribution in [0.5, 0.6) is 0 Å². The Bertz CT molecular complexity index is 188. The van der Waals surface area contributed by atoms with E-state index in [0.29, 0.717) is 0 Å². The van der Waals surface area contributed by atoms with Gasteiger partial charge in [0.1, 0.15) is 0 Å². The maximum atomic E-state index is 3.67. The molecule has 0 unspecified atom stereocenters. The van der Waals surface area contributed by atoms with E-state index < -0.39 is 0 Å². The van der Waals surface area contributed by atoms with E-state index in [2.05, 4.69) is 25.5 Å². The van der Waals surface area contributed by atoms with Gasteiger partial charge in [0.05, 0.1) is 0 Å². The molecule has 10 radical (unpaired) electrons. The summed E-state index contributed by atoms with van der Waals surface area (Å²) in [5, 5.41) is 0. The molecule has 0 N–H and O–H groups in total. The Hall–Kier alpha value is -0.000519. The van der Waals surface area contributed by atoms with Gasteiger partial charge in [-0.1, -0.05) is 24.3 Å². The quantitative estimate of drug-likeness (QED) is 0.521. The largest absolute Gasteiger partial charge is 2.00 e. The van der Waals surface area contributed by atoms with E-state index in [4.69, 9.17) is 0 Å². The van der Waals surface area contributed by atoms with E-state index >= 15 is 0 Å². The fourth-order valence-corrected chi connectivity index (χ4v) is 1.13. The smallest absolute Gasteiger partial charge is 0.0988 e. The fourth-order valence-electron chi connectivity index (χ4n) is 1.13. The minimum Gasteiger partial charge on any atom is -0.0988 e. The van der Waals surface area contributed by atoms with E-state index in [1.807, 2.05) is 57.9 Å². The molecular weight excluding hydrogens is 236 g/mol. The molecule has 82 valence electrons. The summed E-state index contributed by atoms with van der Waals surface area (Å²) >= 11 is 0. The third kappa shape index (κ3) is 7.30. The summed E-state index contributed by atoms with van der Waals surface area (Å²) < 4.78 is 0. The number of rotatable bonds is 2. The molecular formula is C15H16Fe+2. The van der Waals surface area contributed by atoms with Crippen molar-refractivity contribution < 1.29 is 17.1 Å². The van der Waals surface area contributed by atoms with Gasteiger partial charge in [-0.15, -0.1) is 0 Å². The summed E-state index contributed by atoms with van der Waals surface area (Å²) in [6, 6.07) is 0. The molecule has 2 saturated carbocycles. The molecule has 2 aliphatic carbocycles. The van der Waals surface area contributed by atoms with Crippen LogP contribution in [0.4, 0.5) is 0 Å². The maximum Gasteiger partial charge on any atom is 2.00 e. The van der Waals surface area contributed by atoms with E-state index in [0.717, 1.165) is 0 Å². The monoisotopic (exact) mass is 252 g/mol. The third-order valence-corrected chi connectivity index (χ3v) is 1.96. The molecule has 1 heteroatoms. The Kier molecular flexibility index (Phi) is 10.2. The molecule has 0 amide bonds. The first-order valence-electron chi connectivity index (χ1n) is 5.02. The molecule has 16 heavy (non-hydrogen) atoms. The van der Waals surface area contributed by atoms with Crippen LogP contribution in [0.3, 0.4) is 0 Å². The molecule has 0 aromatic carbocycles. The van der Waals surface area contributed by atoms with Crippen molar-refractivity contribution in [3.05, 3.63) is 88.0 Å². The summed E-state index contributed by atoms with van der Waals surface area (Å²) in [5.41, 5.74) is 1.20. The first-order valence-corrected chi connectivity index (χ1v) is 5.02. The topological polar surface area (TPSA) is 0 Å². The Morgan fingerprint density at radius 2 is 1.38 bits per heavy atom. The average molecular weight is 252 g/mol. The predicted octanol–water partition coefficient (Wildman–Crippen LogP) is 3.54. The van der Waals surface area contributed by atoms with Crippen molar-refractivity contribution >= 4 is 0 Å². The summed E-state index contributed by atoms with van der Waals surface area (Å²) in [7, 11) is 0. The number of hydrogen-bond donors (Lipinski definition) is 0. The minimum absolute atomic E-state index is 0. The second kappa shape index (κ2) is 10.2. The first-order chi connectivity index (χ1) is 7.33. The van der Waals surface area contributed by atoms with Gasteiger partial charge in [-0.05, 0) is 64.7 Å². The summed E-state index contributed by atoms with van der Waals surface area (Å²) in [5.74, 6) is 1.25. The zero-order valence-corrected chi connectivity index (χ0v) is 10.5. The van der Waals surface area contributed by atoms with Gasteiger partial charge in [0.25, 0.3) is 0 Å². The van der Waals surface area contributed by atoms with Crippen LogP contribution in [0.15, 0.2) is 24.3 Å². The number of hydrogen-bond acceptors (Lipinski definition) is 0. The molecule has 0 saturated heterocycles. The molecule has 2 fully saturated rings. The van der Waals surface area contributed by atoms with Crippen LogP contribution in [-0.2, 0) is 17.1 Å². The van der Waals surface area contributed by atoms with Crippen LogP contribution in [0.2, 0.25) is 0 Å². The van der Waals surface area contributed by atoms with Crippen LogP contribution in [-0.4, -0.2) is 0 Å². The van der Waals surface area contributed by atoms with Crippen LogP contribution < -0.4 is 0 Å². The van der Waals surface area contributed by atoms with Crippen molar-refractivity contribution in [1.29, 1.82) is 0 Å². The van der Waals surface area contributed by atoms with Gasteiger partial charge in [0.2, 0.25) is 0 Å². The standard InChI is InChI=1S/C10H11.C5H5.Fe/c1-3-9(2)8-10-6-4-5-7-10;1-2-4-5-3-1;/h3-8H,1H2,2H3;1-5H;/q;;+2/b9-8+;;. The van der Waals surface area contributed by atoms with Crippen molar-refractivity contribution in [2.45, 2.75) is 6.92 Å². The van der Waals surface area contributed by atoms with Crippen molar-refractivity contribution in [2.75, 3.05) is 0 Å². The second-order valence-corrected chi connectivity index (χ2v) is 3.27. The average Bonchev–Trinajstić information content (AvgIpc) is 2.92. The van der Waals surface area contributed by atoms with Gasteiger partial charge >= 0.3 is 17.1 Å². The Morgan fingerprint density at radius 3 is 1.75 bits per heavy atom. The molecule has 0 bridgehead atoms. The summed E-state index contributed by atoms with van der Waals surface area (Å²) in [4.78, 5) is 0. The second-order valence-electron chi connectivity index (χ2n) is 3.27. The Morgan fingerprint density at radius 1 is 0.938 bits per heavy atom. The molecule has 2 rings (SSSR count). The van der Waals surface area contributed by atoms with E-state index in [1.54, 1.807) is 0 Å². The molecule has 0 atom stereocenters. The molecule has 0 aromatic rings. The Balaban J connectivity index is 0.000000318. The molecule has 0 spiro atoms. The normalized spacial score (nSPS) is 20.9. The fraction of sp³-hybridized carbons (Fsp3) is 0.0667. The first kappa shape index (κ1) is 16.0. The van der Waals surface area contributed by atoms with Gasteiger partial charge in [-0.3, -0.25) is 0 Å². The Labute approximate surface area is 112 Å². The van der Waals surface area contributed by atoms with Crippen LogP contribution in [0, 0.1) is 63.7 Å². The van der Waals surface area contributed by atoms with Gasteiger partial charge in [0, 0.05) is 5.92 Å². The molecule has 0 aliphatic heterocycles. The summed E-state index contributed by atoms with van der Waals surface area (Å²) in [6.45, 7) is 5.71. The molecule has 0 nitrogen and oxygen atoms in total. The van der Waals surface area contributed by atoms with Gasteiger partial charge in [0.15, 0.2) is 0 Å². The summed E-state index contributed by atoms with van der Waals surface area (Å²) in [6.07, 6.45) is 22.2. The van der Waals surface area contributed by atoms with E-state index in [1.165, 1.54) is 11.5 Å². The van der Waals surface area contributed by atoms with Crippen molar-refractivity contribution in [2.24, 2.45) is 0 Å². The van der Waals surface area contributed by atoms with Gasteiger partial charge < -0.3 is 0 Å². The van der Waals surface area contributed by atoms with E-state index in [9.17, 15) is 0 Å². The predicted molar refractivity (Wildman–Crippen MR) is 65.9 cm³/mol. The van der Waals surface area contributed by atoms with Gasteiger partial charge in [-0.25, -0.2) is 0 Å². The third-order valence-electron chi connectivity index (χ3n) is 1.96. The van der Waals surface area contributed by atoms with Crippen LogP contribution >= 0.6 is 0 Å². The van der Waals surface area contributed by atoms with Crippen molar-refractivity contribution in [1.82, 2.24) is 0 Å². The van der Waals surface area contributed by atoms with Gasteiger partial charge in [-0.2, -0.15) is 0 Å². The van der Waals surface area contributed by atoms with Crippen molar-refractivity contribution in [3.63, 3.8) is 0 Å². The van der Waals surface area contributed by atoms with Crippen molar-refractivity contribution in [3.8, 4) is 0 Å². The zero-order chi connectivity index (χ0) is 10.9. The molecule has 0 heterocycles. The maximum absolute atomic E-state index is 3.67. The van der Waals surface area contributed by atoms with Crippen LogP contribution in [0.1, 0.15) is 6.92 Å². The molecule has 0 aromatic heterocycles. The van der Waals surface area contributed by atoms with E-state index in [-0.39, 0.29) is 17.1 Å². The number of allylic oxidation sites excluding steroid dienone is 3. The SMILES string of the molecule is C=C/C(C)=C/[C]1[CH][CH][CH][CH]1.[CH]1[CH][CH][CH][CH]1.[Fe+2]. The zero-order valence-electron chi connectivity index (χ0n) is 9.41. The molecule has 2 aliphatic rings.